The van der Waals surface area contributed by atoms with Gasteiger partial charge in [0.1, 0.15) is 12.4 Å². The number of likely N-dealkylation sites (N-methyl/N-ethyl adjacent to an activating group) is 1. The molecule has 7 rings (SSSR count). The summed E-state index contributed by atoms with van der Waals surface area (Å²) in [5, 5.41) is 15.5. The Balaban J connectivity index is 1.28. The zero-order valence-electron chi connectivity index (χ0n) is 23.6. The Bertz CT molecular complexity index is 1450. The van der Waals surface area contributed by atoms with Gasteiger partial charge >= 0.3 is 6.01 Å². The Morgan fingerprint density at radius 3 is 2.83 bits per heavy atom. The summed E-state index contributed by atoms with van der Waals surface area (Å²) < 4.78 is 6.39. The summed E-state index contributed by atoms with van der Waals surface area (Å²) in [5.74, 6) is 1.59. The molecule has 3 aliphatic heterocycles. The van der Waals surface area contributed by atoms with Crippen molar-refractivity contribution < 1.29 is 4.74 Å². The molecule has 4 atom stereocenters. The van der Waals surface area contributed by atoms with E-state index in [0.29, 0.717) is 31.0 Å². The largest absolute Gasteiger partial charge is 0.462 e. The first-order valence-electron chi connectivity index (χ1n) is 14.9. The van der Waals surface area contributed by atoms with Gasteiger partial charge in [-0.1, -0.05) is 30.3 Å². The fourth-order valence-electron chi connectivity index (χ4n) is 7.52. The molecule has 0 saturated carbocycles. The van der Waals surface area contributed by atoms with E-state index in [0.717, 1.165) is 63.5 Å². The smallest absolute Gasteiger partial charge is 0.318 e. The number of hydrogen-bond donors (Lipinski definition) is 1. The van der Waals surface area contributed by atoms with E-state index in [9.17, 15) is 5.26 Å². The lowest BCUT2D eigenvalue weighted by Crippen LogP contribution is -2.51. The first kappa shape index (κ1) is 25.6. The molecule has 0 amide bonds. The van der Waals surface area contributed by atoms with Crippen LogP contribution in [0.15, 0.2) is 36.4 Å². The molecule has 4 aliphatic rings. The van der Waals surface area contributed by atoms with Gasteiger partial charge in [0.05, 0.1) is 24.2 Å². The number of piperazine rings is 1. The summed E-state index contributed by atoms with van der Waals surface area (Å²) in [7, 11) is 2.18. The van der Waals surface area contributed by atoms with Crippen molar-refractivity contribution in [3.05, 3.63) is 53.2 Å². The van der Waals surface area contributed by atoms with Crippen LogP contribution in [0.1, 0.15) is 48.5 Å². The highest BCUT2D eigenvalue weighted by molar-refractivity contribution is 5.97. The van der Waals surface area contributed by atoms with Gasteiger partial charge in [-0.3, -0.25) is 0 Å². The quantitative estimate of drug-likeness (QED) is 0.501. The Hall–Kier alpha value is -3.41. The van der Waals surface area contributed by atoms with Crippen LogP contribution in [0.25, 0.3) is 10.8 Å². The Morgan fingerprint density at radius 2 is 2.00 bits per heavy atom. The number of nitriles is 1. The van der Waals surface area contributed by atoms with Gasteiger partial charge in [-0.15, -0.1) is 0 Å². The molecule has 1 aromatic heterocycles. The Morgan fingerprint density at radius 1 is 1.12 bits per heavy atom. The summed E-state index contributed by atoms with van der Waals surface area (Å²) in [4.78, 5) is 17.6. The molecule has 0 unspecified atom stereocenters. The second kappa shape index (κ2) is 10.5. The zero-order valence-corrected chi connectivity index (χ0v) is 23.6. The van der Waals surface area contributed by atoms with Gasteiger partial charge in [0.15, 0.2) is 0 Å². The van der Waals surface area contributed by atoms with Crippen LogP contribution in [-0.4, -0.2) is 73.3 Å². The van der Waals surface area contributed by atoms with Crippen LogP contribution < -0.4 is 19.9 Å². The normalized spacial score (nSPS) is 26.2. The molecule has 2 bridgehead atoms. The summed E-state index contributed by atoms with van der Waals surface area (Å²) in [6.07, 6.45) is 4.96. The standard InChI is InChI=1S/C32H39N7O/c1-21-6-3-7-23-8-4-10-27(29(21)23)39-18-22-16-26-30(28(39)17-22)35-32(40-20-25-9-5-14-37(25)2)36-31(26)38-15-13-34-24(19-38)11-12-33/h3-4,6-8,10,22,24-25,28,34H,5,9,11,13-20H2,1-2H3/t22-,24-,25-,28-/m0/s1. The molecule has 3 saturated heterocycles. The minimum absolute atomic E-state index is 0.149. The van der Waals surface area contributed by atoms with Gasteiger partial charge in [0.25, 0.3) is 0 Å². The number of aromatic nitrogens is 2. The Kier molecular flexibility index (Phi) is 6.73. The number of anilines is 2. The molecule has 2 aromatic carbocycles. The molecular weight excluding hydrogens is 498 g/mol. The number of nitrogens with one attached hydrogen (secondary N) is 1. The third kappa shape index (κ3) is 4.55. The topological polar surface area (TPSA) is 80.6 Å². The van der Waals surface area contributed by atoms with E-state index in [1.54, 1.807) is 0 Å². The van der Waals surface area contributed by atoms with Gasteiger partial charge < -0.3 is 24.8 Å². The molecule has 4 heterocycles. The van der Waals surface area contributed by atoms with E-state index in [2.05, 4.69) is 76.5 Å². The average molecular weight is 538 g/mol. The second-order valence-corrected chi connectivity index (χ2v) is 12.2. The molecule has 1 N–H and O–H groups in total. The lowest BCUT2D eigenvalue weighted by Gasteiger charge is -2.36. The molecule has 208 valence electrons. The lowest BCUT2D eigenvalue weighted by molar-refractivity contribution is 0.187. The summed E-state index contributed by atoms with van der Waals surface area (Å²) in [6, 6.07) is 16.9. The number of nitrogens with zero attached hydrogens (tertiary/aromatic N) is 6. The van der Waals surface area contributed by atoms with Crippen LogP contribution in [0.5, 0.6) is 6.01 Å². The molecule has 3 fully saturated rings. The molecule has 8 heteroatoms. The lowest BCUT2D eigenvalue weighted by atomic mass is 9.87. The van der Waals surface area contributed by atoms with Gasteiger partial charge in [-0.25, -0.2) is 0 Å². The van der Waals surface area contributed by atoms with Gasteiger partial charge in [0, 0.05) is 54.9 Å². The maximum absolute atomic E-state index is 9.35. The van der Waals surface area contributed by atoms with E-state index in [1.807, 2.05) is 0 Å². The van der Waals surface area contributed by atoms with Crippen molar-refractivity contribution in [2.45, 2.75) is 57.2 Å². The number of ether oxygens (including phenoxy) is 1. The summed E-state index contributed by atoms with van der Waals surface area (Å²) in [5.41, 5.74) is 5.03. The number of likely N-dealkylation sites (tertiary alicyclic amines) is 1. The molecule has 3 aromatic rings. The first-order valence-corrected chi connectivity index (χ1v) is 14.9. The maximum atomic E-state index is 9.35. The highest BCUT2D eigenvalue weighted by Gasteiger charge is 2.43. The molecule has 0 radical (unpaired) electrons. The van der Waals surface area contributed by atoms with Gasteiger partial charge in [-0.2, -0.15) is 15.2 Å². The van der Waals surface area contributed by atoms with Crippen LogP contribution in [0.4, 0.5) is 11.5 Å². The van der Waals surface area contributed by atoms with Gasteiger partial charge in [-0.05, 0) is 69.1 Å². The van der Waals surface area contributed by atoms with E-state index < -0.39 is 0 Å². The third-order valence-electron chi connectivity index (χ3n) is 9.56. The van der Waals surface area contributed by atoms with Crippen LogP contribution in [0.2, 0.25) is 0 Å². The molecular formula is C32H39N7O. The fraction of sp³-hybridized carbons (Fsp3) is 0.531. The molecule has 40 heavy (non-hydrogen) atoms. The van der Waals surface area contributed by atoms with Crippen molar-refractivity contribution in [3.63, 3.8) is 0 Å². The van der Waals surface area contributed by atoms with Crippen LogP contribution >= 0.6 is 0 Å². The van der Waals surface area contributed by atoms with Crippen LogP contribution in [0.3, 0.4) is 0 Å². The molecule has 1 aliphatic carbocycles. The van der Waals surface area contributed by atoms with Crippen molar-refractivity contribution in [1.29, 1.82) is 5.26 Å². The van der Waals surface area contributed by atoms with E-state index in [1.165, 1.54) is 34.0 Å². The van der Waals surface area contributed by atoms with Crippen molar-refractivity contribution in [3.8, 4) is 12.1 Å². The van der Waals surface area contributed by atoms with Crippen molar-refractivity contribution in [1.82, 2.24) is 20.2 Å². The first-order chi connectivity index (χ1) is 19.6. The highest BCUT2D eigenvalue weighted by atomic mass is 16.5. The summed E-state index contributed by atoms with van der Waals surface area (Å²) >= 11 is 0. The SMILES string of the molecule is Cc1cccc2cccc(N3C[C@H]4Cc5c(nc(OC[C@@H]6CCCN6C)nc5N5CCN[C@@H](CC#N)C5)[C@@H]3C4)c12. The summed E-state index contributed by atoms with van der Waals surface area (Å²) in [6.45, 7) is 7.48. The van der Waals surface area contributed by atoms with Crippen molar-refractivity contribution in [2.24, 2.45) is 5.92 Å². The Labute approximate surface area is 236 Å². The number of benzene rings is 2. The predicted octanol–water partition coefficient (Wildman–Crippen LogP) is 4.23. The minimum atomic E-state index is 0.149. The van der Waals surface area contributed by atoms with Crippen LogP contribution in [0, 0.1) is 24.2 Å². The van der Waals surface area contributed by atoms with Crippen molar-refractivity contribution in [2.75, 3.05) is 56.2 Å². The van der Waals surface area contributed by atoms with E-state index in [-0.39, 0.29) is 12.1 Å². The fourth-order valence-corrected chi connectivity index (χ4v) is 7.52. The third-order valence-corrected chi connectivity index (χ3v) is 9.56. The number of fused-ring (bicyclic) bond motifs is 5. The zero-order chi connectivity index (χ0) is 27.2. The predicted molar refractivity (Wildman–Crippen MR) is 158 cm³/mol. The number of rotatable bonds is 6. The van der Waals surface area contributed by atoms with Crippen molar-refractivity contribution >= 4 is 22.3 Å². The number of hydrogen-bond acceptors (Lipinski definition) is 8. The monoisotopic (exact) mass is 537 g/mol. The average Bonchev–Trinajstić information content (AvgIpc) is 3.54. The molecule has 8 nitrogen and oxygen atoms in total. The highest BCUT2D eigenvalue weighted by Crippen LogP contribution is 2.49. The van der Waals surface area contributed by atoms with Crippen LogP contribution in [-0.2, 0) is 6.42 Å². The minimum Gasteiger partial charge on any atom is -0.462 e. The maximum Gasteiger partial charge on any atom is 0.318 e. The van der Waals surface area contributed by atoms with Gasteiger partial charge in [0.2, 0.25) is 0 Å². The number of aryl methyl sites for hydroxylation is 1. The van der Waals surface area contributed by atoms with E-state index in [4.69, 9.17) is 14.7 Å². The molecule has 0 spiro atoms. The second-order valence-electron chi connectivity index (χ2n) is 12.2. The van der Waals surface area contributed by atoms with E-state index >= 15 is 0 Å².